The van der Waals surface area contributed by atoms with Crippen LogP contribution in [0.5, 0.6) is 5.75 Å². The highest BCUT2D eigenvalue weighted by atomic mass is 35.5. The minimum Gasteiger partial charge on any atom is -0.420 e. The largest absolute Gasteiger partial charge is 0.487 e. The normalized spacial score (nSPS) is 15.4. The summed E-state index contributed by atoms with van der Waals surface area (Å²) in [6, 6.07) is 5.26. The minimum absolute atomic E-state index is 0.139. The monoisotopic (exact) mass is 386 g/mol. The average molecular weight is 387 g/mol. The number of aryl methyl sites for hydroxylation is 1. The summed E-state index contributed by atoms with van der Waals surface area (Å²) >= 11 is 4.67. The number of hydrogen-bond acceptors (Lipinski definition) is 7. The summed E-state index contributed by atoms with van der Waals surface area (Å²) in [5.74, 6) is -0.611. The Morgan fingerprint density at radius 2 is 2.08 bits per heavy atom. The maximum atomic E-state index is 12.5. The number of nitrogens with zero attached hydrogens (tertiary/aromatic N) is 3. The Morgan fingerprint density at radius 1 is 1.31 bits per heavy atom. The van der Waals surface area contributed by atoms with E-state index in [1.807, 2.05) is 0 Å². The van der Waals surface area contributed by atoms with Crippen LogP contribution >= 0.6 is 11.6 Å². The van der Waals surface area contributed by atoms with E-state index < -0.39 is 11.5 Å². The van der Waals surface area contributed by atoms with Gasteiger partial charge in [-0.2, -0.15) is 0 Å². The summed E-state index contributed by atoms with van der Waals surface area (Å²) < 4.78 is 33.9. The summed E-state index contributed by atoms with van der Waals surface area (Å²) in [5, 5.41) is 14.0. The second kappa shape index (κ2) is 7.65. The van der Waals surface area contributed by atoms with Gasteiger partial charge in [0.25, 0.3) is 5.91 Å². The van der Waals surface area contributed by atoms with Gasteiger partial charge in [-0.3, -0.25) is 4.79 Å². The van der Waals surface area contributed by atoms with Crippen LogP contribution in [0.15, 0.2) is 34.1 Å². The van der Waals surface area contributed by atoms with E-state index in [9.17, 15) is 13.6 Å². The number of fused-ring (bicyclic) bond motifs is 1. The average Bonchev–Trinajstić information content (AvgIpc) is 3.05. The van der Waals surface area contributed by atoms with Crippen LogP contribution in [0.25, 0.3) is 0 Å². The van der Waals surface area contributed by atoms with Crippen molar-refractivity contribution in [3.63, 3.8) is 0 Å². The first-order chi connectivity index (χ1) is 12.4. The van der Waals surface area contributed by atoms with Gasteiger partial charge in [0, 0.05) is 17.3 Å². The summed E-state index contributed by atoms with van der Waals surface area (Å²) in [5.41, 5.74) is -1.59. The van der Waals surface area contributed by atoms with Crippen LogP contribution < -0.4 is 10.1 Å². The van der Waals surface area contributed by atoms with Gasteiger partial charge < -0.3 is 14.9 Å². The number of amides is 1. The molecule has 0 saturated heterocycles. The molecular formula is C15H13ClF2N4O4. The van der Waals surface area contributed by atoms with Gasteiger partial charge in [0.1, 0.15) is 17.2 Å². The van der Waals surface area contributed by atoms with Crippen molar-refractivity contribution in [1.29, 1.82) is 0 Å². The van der Waals surface area contributed by atoms with Crippen LogP contribution in [-0.2, 0) is 16.1 Å². The number of anilines is 1. The quantitative estimate of drug-likeness (QED) is 0.605. The van der Waals surface area contributed by atoms with E-state index in [-0.39, 0.29) is 12.4 Å². The first-order valence-electron chi connectivity index (χ1n) is 7.57. The van der Waals surface area contributed by atoms with Crippen LogP contribution in [0, 0.1) is 0 Å². The molecular weight excluding hydrogens is 374 g/mol. The molecule has 1 aliphatic rings. The lowest BCUT2D eigenvalue weighted by Gasteiger charge is -2.11. The van der Waals surface area contributed by atoms with E-state index in [1.165, 1.54) is 24.3 Å². The molecule has 0 bridgehead atoms. The van der Waals surface area contributed by atoms with Gasteiger partial charge in [-0.1, -0.05) is 10.3 Å². The zero-order valence-electron chi connectivity index (χ0n) is 13.2. The van der Waals surface area contributed by atoms with Gasteiger partial charge in [-0.05, 0) is 48.7 Å². The zero-order valence-corrected chi connectivity index (χ0v) is 14.0. The Kier molecular flexibility index (Phi) is 5.31. The highest BCUT2D eigenvalue weighted by Gasteiger charge is 2.27. The molecule has 1 aromatic heterocycles. The van der Waals surface area contributed by atoms with Gasteiger partial charge >= 0.3 is 5.57 Å². The van der Waals surface area contributed by atoms with Gasteiger partial charge in [0.15, 0.2) is 12.3 Å². The van der Waals surface area contributed by atoms with E-state index in [0.717, 1.165) is 12.8 Å². The summed E-state index contributed by atoms with van der Waals surface area (Å²) in [6.45, 7) is -0.331. The molecule has 138 valence electrons. The molecule has 1 aliphatic carbocycles. The molecule has 0 spiro atoms. The van der Waals surface area contributed by atoms with Crippen molar-refractivity contribution in [1.82, 2.24) is 10.3 Å². The van der Waals surface area contributed by atoms with Crippen molar-refractivity contribution in [2.75, 3.05) is 11.9 Å². The number of benzene rings is 1. The Bertz CT molecular complexity index is 805. The standard InChI is InChI=1S/C15H13ClF2N4O4/c16-15(17,18)25-10-6-4-9(5-7-10)19-13(23)8-24-20-11-2-1-3-12-14(11)22-26-21-12/h4-7H,1-3,8H2,(H,19,23)/b20-11+. The molecule has 1 N–H and O–H groups in total. The lowest BCUT2D eigenvalue weighted by atomic mass is 9.99. The molecule has 0 atom stereocenters. The molecule has 0 saturated carbocycles. The van der Waals surface area contributed by atoms with E-state index >= 15 is 0 Å². The number of ether oxygens (including phenoxy) is 1. The Morgan fingerprint density at radius 3 is 2.81 bits per heavy atom. The first-order valence-corrected chi connectivity index (χ1v) is 7.95. The molecule has 1 heterocycles. The highest BCUT2D eigenvalue weighted by molar-refractivity contribution is 6.20. The number of oxime groups is 1. The molecule has 26 heavy (non-hydrogen) atoms. The van der Waals surface area contributed by atoms with Crippen molar-refractivity contribution in [2.24, 2.45) is 5.16 Å². The number of carbonyl (C=O) groups is 1. The third-order valence-corrected chi connectivity index (χ3v) is 3.48. The first kappa shape index (κ1) is 18.1. The lowest BCUT2D eigenvalue weighted by Crippen LogP contribution is -2.19. The van der Waals surface area contributed by atoms with E-state index in [0.29, 0.717) is 29.2 Å². The highest BCUT2D eigenvalue weighted by Crippen LogP contribution is 2.26. The molecule has 8 nitrogen and oxygen atoms in total. The third-order valence-electron chi connectivity index (χ3n) is 3.40. The molecule has 0 aliphatic heterocycles. The lowest BCUT2D eigenvalue weighted by molar-refractivity contribution is -0.120. The maximum Gasteiger partial charge on any atom is 0.487 e. The topological polar surface area (TPSA) is 98.8 Å². The molecule has 2 aromatic rings. The van der Waals surface area contributed by atoms with Gasteiger partial charge in [-0.15, -0.1) is 8.78 Å². The van der Waals surface area contributed by atoms with Crippen molar-refractivity contribution in [3.05, 3.63) is 35.7 Å². The molecule has 11 heteroatoms. The smallest absolute Gasteiger partial charge is 0.420 e. The third kappa shape index (κ3) is 4.88. The summed E-state index contributed by atoms with van der Waals surface area (Å²) in [7, 11) is 0. The second-order valence-electron chi connectivity index (χ2n) is 5.34. The second-order valence-corrected chi connectivity index (χ2v) is 5.78. The van der Waals surface area contributed by atoms with Crippen LogP contribution in [0.2, 0.25) is 0 Å². The van der Waals surface area contributed by atoms with Crippen molar-refractivity contribution < 1.29 is 27.8 Å². The fourth-order valence-electron chi connectivity index (χ4n) is 2.33. The molecule has 1 aromatic carbocycles. The molecule has 0 fully saturated rings. The number of alkyl halides is 3. The molecule has 1 amide bonds. The van der Waals surface area contributed by atoms with E-state index in [4.69, 9.17) is 4.84 Å². The van der Waals surface area contributed by atoms with Gasteiger partial charge in [-0.25, -0.2) is 4.63 Å². The maximum absolute atomic E-state index is 12.5. The molecule has 0 radical (unpaired) electrons. The van der Waals surface area contributed by atoms with E-state index in [2.05, 4.69) is 41.8 Å². The number of hydrogen-bond donors (Lipinski definition) is 1. The van der Waals surface area contributed by atoms with Crippen LogP contribution in [0.4, 0.5) is 14.5 Å². The minimum atomic E-state index is -3.80. The predicted molar refractivity (Wildman–Crippen MR) is 86.2 cm³/mol. The number of carbonyl (C=O) groups excluding carboxylic acids is 1. The Balaban J connectivity index is 1.50. The summed E-state index contributed by atoms with van der Waals surface area (Å²) in [6.07, 6.45) is 2.24. The van der Waals surface area contributed by atoms with Crippen LogP contribution in [0.1, 0.15) is 24.2 Å². The predicted octanol–water partition coefficient (Wildman–Crippen LogP) is 2.93. The molecule has 3 rings (SSSR count). The number of aromatic nitrogens is 2. The summed E-state index contributed by atoms with van der Waals surface area (Å²) in [4.78, 5) is 16.9. The number of halogens is 3. The van der Waals surface area contributed by atoms with Crippen LogP contribution in [-0.4, -0.2) is 34.1 Å². The van der Waals surface area contributed by atoms with Gasteiger partial charge in [0.05, 0.1) is 0 Å². The van der Waals surface area contributed by atoms with Gasteiger partial charge in [0.2, 0.25) is 0 Å². The van der Waals surface area contributed by atoms with Crippen molar-refractivity contribution in [3.8, 4) is 5.75 Å². The number of rotatable bonds is 6. The fourth-order valence-corrected chi connectivity index (χ4v) is 2.42. The number of nitrogens with one attached hydrogen (secondary N) is 1. The fraction of sp³-hybridized carbons (Fsp3) is 0.333. The van der Waals surface area contributed by atoms with Crippen molar-refractivity contribution >= 4 is 28.9 Å². The Labute approximate surface area is 151 Å². The van der Waals surface area contributed by atoms with E-state index in [1.54, 1.807) is 0 Å². The SMILES string of the molecule is O=C(CO/N=C1\CCCc2nonc21)Nc1ccc(OC(F)(F)Cl)cc1. The van der Waals surface area contributed by atoms with Crippen molar-refractivity contribution in [2.45, 2.75) is 24.8 Å². The van der Waals surface area contributed by atoms with Crippen LogP contribution in [0.3, 0.4) is 0 Å². The zero-order chi connectivity index (χ0) is 18.6. The Hall–Kier alpha value is -2.75. The molecule has 0 unspecified atom stereocenters.